The number of rotatable bonds is 11. The van der Waals surface area contributed by atoms with Gasteiger partial charge in [0, 0.05) is 6.04 Å². The molecule has 3 N–H and O–H groups in total. The van der Waals surface area contributed by atoms with Crippen molar-refractivity contribution in [1.82, 2.24) is 19.7 Å². The van der Waals surface area contributed by atoms with E-state index in [1.807, 2.05) is 45.0 Å². The number of carbonyl (C=O) groups is 1. The molecule has 1 saturated carbocycles. The van der Waals surface area contributed by atoms with Crippen LogP contribution >= 0.6 is 7.75 Å². The number of nitrogens with two attached hydrogens (primary N) is 1. The summed E-state index contributed by atoms with van der Waals surface area (Å²) in [6.45, 7) is 13.5. The van der Waals surface area contributed by atoms with Crippen LogP contribution in [0.15, 0.2) is 42.7 Å². The van der Waals surface area contributed by atoms with Gasteiger partial charge in [0.05, 0.1) is 18.7 Å². The van der Waals surface area contributed by atoms with Gasteiger partial charge in [0.25, 0.3) is 0 Å². The first-order chi connectivity index (χ1) is 22.1. The van der Waals surface area contributed by atoms with Gasteiger partial charge in [-0.15, -0.1) is 0 Å². The molecule has 256 valence electrons. The maximum atomic E-state index is 14.5. The van der Waals surface area contributed by atoms with Crippen molar-refractivity contribution in [3.05, 3.63) is 54.0 Å². The number of carbonyl (C=O) groups excluding carboxylic acids is 1. The summed E-state index contributed by atoms with van der Waals surface area (Å²) in [5.41, 5.74) is 7.41. The molecule has 1 unspecified atom stereocenters. The first-order valence-electron chi connectivity index (χ1n) is 16.2. The molecule has 2 aliphatic heterocycles. The third-order valence-corrected chi connectivity index (χ3v) is 10.7. The van der Waals surface area contributed by atoms with Gasteiger partial charge in [-0.3, -0.25) is 9.32 Å². The van der Waals surface area contributed by atoms with Gasteiger partial charge in [0.1, 0.15) is 47.6 Å². The van der Waals surface area contributed by atoms with Gasteiger partial charge in [-0.05, 0) is 82.2 Å². The lowest BCUT2D eigenvalue weighted by Crippen LogP contribution is -2.39. The Kier molecular flexibility index (Phi) is 8.95. The van der Waals surface area contributed by atoms with E-state index < -0.39 is 43.5 Å². The van der Waals surface area contributed by atoms with Crippen molar-refractivity contribution in [3.63, 3.8) is 0 Å². The van der Waals surface area contributed by atoms with E-state index >= 15 is 0 Å². The Morgan fingerprint density at radius 1 is 1.13 bits per heavy atom. The maximum Gasteiger partial charge on any atom is 0.459 e. The predicted octanol–water partition coefficient (Wildman–Crippen LogP) is 5.41. The summed E-state index contributed by atoms with van der Waals surface area (Å²) in [6.07, 6.45) is 2.28. The lowest BCUT2D eigenvalue weighted by Gasteiger charge is -2.31. The number of anilines is 1. The monoisotopic (exact) mass is 671 g/mol. The van der Waals surface area contributed by atoms with Crippen LogP contribution in [0.25, 0.3) is 5.52 Å². The minimum Gasteiger partial charge on any atom is -0.462 e. The Hall–Kier alpha value is -3.06. The van der Waals surface area contributed by atoms with Crippen LogP contribution in [0.3, 0.4) is 0 Å². The highest BCUT2D eigenvalue weighted by atomic mass is 31.2. The number of fused-ring (bicyclic) bond motifs is 2. The van der Waals surface area contributed by atoms with Crippen LogP contribution in [0.1, 0.15) is 85.4 Å². The molecule has 47 heavy (non-hydrogen) atoms. The average molecular weight is 672 g/mol. The smallest absolute Gasteiger partial charge is 0.459 e. The molecular formula is C33H46N5O8P. The molecule has 0 radical (unpaired) electrons. The van der Waals surface area contributed by atoms with Crippen molar-refractivity contribution in [3.8, 4) is 5.75 Å². The van der Waals surface area contributed by atoms with Crippen molar-refractivity contribution in [1.29, 1.82) is 0 Å². The second-order valence-corrected chi connectivity index (χ2v) is 16.1. The molecule has 0 amide bonds. The molecule has 0 bridgehead atoms. The molecule has 13 nitrogen and oxygen atoms in total. The van der Waals surface area contributed by atoms with Crippen LogP contribution in [-0.2, 0) is 43.8 Å². The van der Waals surface area contributed by atoms with Gasteiger partial charge in [-0.2, -0.15) is 5.10 Å². The highest BCUT2D eigenvalue weighted by Crippen LogP contribution is 2.51. The first-order valence-corrected chi connectivity index (χ1v) is 17.7. The maximum absolute atomic E-state index is 14.5. The molecular weight excluding hydrogens is 625 g/mol. The van der Waals surface area contributed by atoms with Crippen LogP contribution in [0, 0.1) is 0 Å². The summed E-state index contributed by atoms with van der Waals surface area (Å²) in [5.74, 6) is -0.594. The Bertz CT molecular complexity index is 1650. The Morgan fingerprint density at radius 2 is 1.85 bits per heavy atom. The summed E-state index contributed by atoms with van der Waals surface area (Å²) in [4.78, 5) is 16.7. The fourth-order valence-corrected chi connectivity index (χ4v) is 7.86. The third kappa shape index (κ3) is 7.06. The summed E-state index contributed by atoms with van der Waals surface area (Å²) in [6, 6.07) is 10.5. The Balaban J connectivity index is 1.23. The highest BCUT2D eigenvalue weighted by molar-refractivity contribution is 7.52. The normalized spacial score (nSPS) is 27.6. The lowest BCUT2D eigenvalue weighted by molar-refractivity contribution is -0.211. The summed E-state index contributed by atoms with van der Waals surface area (Å²) in [7, 11) is -4.08. The van der Waals surface area contributed by atoms with E-state index in [0.29, 0.717) is 22.8 Å². The van der Waals surface area contributed by atoms with Crippen LogP contribution < -0.4 is 15.3 Å². The number of nitrogens with one attached hydrogen (secondary N) is 1. The van der Waals surface area contributed by atoms with E-state index in [9.17, 15) is 9.36 Å². The quantitative estimate of drug-likeness (QED) is 0.198. The fraction of sp³-hybridized carbons (Fsp3) is 0.606. The zero-order valence-corrected chi connectivity index (χ0v) is 29.0. The van der Waals surface area contributed by atoms with Crippen LogP contribution in [0.5, 0.6) is 5.75 Å². The van der Waals surface area contributed by atoms with Gasteiger partial charge in [0.15, 0.2) is 11.6 Å². The predicted molar refractivity (Wildman–Crippen MR) is 174 cm³/mol. The third-order valence-electron chi connectivity index (χ3n) is 8.98. The number of nitrogens with zero attached hydrogens (tertiary/aromatic N) is 3. The Labute approximate surface area is 275 Å². The standard InChI is InChI=1S/C33H46N5O8P/c1-20(17-27(39)42-22-9-8-10-22)37-47(40,46-23-13-11-21(12-14-23)31(2,3)4)41-18-25-28-29(45-32(5,6)44-28)33(7,43-25)26-16-15-24-30(34)35-19-36-38(24)26/h11-16,19-20,22,25,28-29H,8-10,17-18H2,1-7H3,(H,37,40)(H2,34,35,36)/t20-,25+,28+,29+,33-,47?/m0/s1. The van der Waals surface area contributed by atoms with E-state index in [-0.39, 0.29) is 30.5 Å². The largest absolute Gasteiger partial charge is 0.462 e. The van der Waals surface area contributed by atoms with Gasteiger partial charge in [-0.1, -0.05) is 32.9 Å². The van der Waals surface area contributed by atoms with E-state index in [1.165, 1.54) is 6.33 Å². The fourth-order valence-electron chi connectivity index (χ4n) is 6.30. The topological polar surface area (TPSA) is 158 Å². The van der Waals surface area contributed by atoms with Crippen molar-refractivity contribution in [2.24, 2.45) is 0 Å². The lowest BCUT2D eigenvalue weighted by atomic mass is 9.87. The van der Waals surface area contributed by atoms with Gasteiger partial charge in [0.2, 0.25) is 0 Å². The molecule has 2 saturated heterocycles. The average Bonchev–Trinajstić information content (AvgIpc) is 3.61. The molecule has 6 atom stereocenters. The summed E-state index contributed by atoms with van der Waals surface area (Å²) in [5, 5.41) is 7.36. The van der Waals surface area contributed by atoms with Gasteiger partial charge in [-0.25, -0.2) is 19.2 Å². The number of ether oxygens (including phenoxy) is 4. The molecule has 2 aromatic heterocycles. The zero-order chi connectivity index (χ0) is 33.8. The number of nitrogen functional groups attached to an aromatic ring is 1. The number of benzene rings is 1. The minimum absolute atomic E-state index is 0.00368. The molecule has 14 heteroatoms. The van der Waals surface area contributed by atoms with Crippen molar-refractivity contribution < 1.29 is 37.4 Å². The van der Waals surface area contributed by atoms with E-state index in [4.69, 9.17) is 33.7 Å². The van der Waals surface area contributed by atoms with Gasteiger partial charge < -0.3 is 29.2 Å². The summed E-state index contributed by atoms with van der Waals surface area (Å²) < 4.78 is 53.2. The van der Waals surface area contributed by atoms with E-state index in [0.717, 1.165) is 24.8 Å². The molecule has 6 rings (SSSR count). The van der Waals surface area contributed by atoms with E-state index in [2.05, 4.69) is 35.9 Å². The number of aromatic nitrogens is 3. The molecule has 1 aromatic carbocycles. The molecule has 3 fully saturated rings. The molecule has 4 heterocycles. The molecule has 3 aliphatic rings. The van der Waals surface area contributed by atoms with Gasteiger partial charge >= 0.3 is 13.7 Å². The highest BCUT2D eigenvalue weighted by Gasteiger charge is 2.62. The second-order valence-electron chi connectivity index (χ2n) is 14.4. The SMILES string of the molecule is C[C@@H](CC(=O)OC1CCC1)NP(=O)(OC[C@H]1O[C@@](C)(c2ccc3c(N)ncnn23)[C@@H]2OC(C)(C)O[C@@H]21)Oc1ccc(C(C)(C)C)cc1. The zero-order valence-electron chi connectivity index (χ0n) is 28.1. The van der Waals surface area contributed by atoms with Crippen LogP contribution in [0.4, 0.5) is 5.82 Å². The first kappa shape index (κ1) is 33.8. The van der Waals surface area contributed by atoms with E-state index in [1.54, 1.807) is 23.6 Å². The number of hydrogen-bond acceptors (Lipinski definition) is 11. The van der Waals surface area contributed by atoms with Crippen LogP contribution in [0.2, 0.25) is 0 Å². The minimum atomic E-state index is -4.08. The number of esters is 1. The second kappa shape index (κ2) is 12.4. The van der Waals surface area contributed by atoms with Crippen molar-refractivity contribution in [2.75, 3.05) is 12.3 Å². The van der Waals surface area contributed by atoms with Crippen molar-refractivity contribution in [2.45, 2.75) is 121 Å². The molecule has 0 spiro atoms. The molecule has 1 aliphatic carbocycles. The Morgan fingerprint density at radius 3 is 2.51 bits per heavy atom. The summed E-state index contributed by atoms with van der Waals surface area (Å²) >= 11 is 0. The van der Waals surface area contributed by atoms with Crippen LogP contribution in [-0.4, -0.2) is 63.4 Å². The molecule has 3 aromatic rings. The van der Waals surface area contributed by atoms with Crippen molar-refractivity contribution >= 4 is 25.1 Å². The number of hydrogen-bond donors (Lipinski definition) is 2.